The second kappa shape index (κ2) is 8.30. The number of nitrogens with one attached hydrogen (secondary N) is 2. The van der Waals surface area contributed by atoms with E-state index >= 15 is 0 Å². The number of carbonyl (C=O) groups is 2. The SMILES string of the molecule is O=C(NCc1cccs1)C1CCCN(C(=O)NCc2cccs2)C1. The van der Waals surface area contributed by atoms with Crippen molar-refractivity contribution in [1.29, 1.82) is 0 Å². The quantitative estimate of drug-likeness (QED) is 0.858. The van der Waals surface area contributed by atoms with Crippen molar-refractivity contribution in [2.75, 3.05) is 13.1 Å². The highest BCUT2D eigenvalue weighted by atomic mass is 32.1. The Hall–Kier alpha value is -1.86. The third-order valence-corrected chi connectivity index (χ3v) is 5.84. The van der Waals surface area contributed by atoms with E-state index in [2.05, 4.69) is 10.6 Å². The molecular weight excluding hydrogens is 342 g/mol. The Morgan fingerprint density at radius 1 is 1.08 bits per heavy atom. The molecule has 1 fully saturated rings. The van der Waals surface area contributed by atoms with Crippen LogP contribution >= 0.6 is 22.7 Å². The summed E-state index contributed by atoms with van der Waals surface area (Å²) in [5, 5.41) is 9.92. The van der Waals surface area contributed by atoms with E-state index in [1.54, 1.807) is 27.6 Å². The molecule has 128 valence electrons. The van der Waals surface area contributed by atoms with Crippen LogP contribution in [0.1, 0.15) is 22.6 Å². The number of amides is 3. The van der Waals surface area contributed by atoms with E-state index in [9.17, 15) is 9.59 Å². The number of nitrogens with zero attached hydrogens (tertiary/aromatic N) is 1. The zero-order chi connectivity index (χ0) is 16.8. The van der Waals surface area contributed by atoms with Gasteiger partial charge in [0.25, 0.3) is 0 Å². The number of hydrogen-bond donors (Lipinski definition) is 2. The van der Waals surface area contributed by atoms with Gasteiger partial charge in [0.05, 0.1) is 19.0 Å². The van der Waals surface area contributed by atoms with Gasteiger partial charge < -0.3 is 15.5 Å². The van der Waals surface area contributed by atoms with Crippen LogP contribution in [0.25, 0.3) is 0 Å². The number of urea groups is 1. The minimum atomic E-state index is -0.119. The minimum absolute atomic E-state index is 0.0409. The Bertz CT molecular complexity index is 599. The number of hydrogen-bond acceptors (Lipinski definition) is 4. The molecule has 1 atom stereocenters. The van der Waals surface area contributed by atoms with E-state index in [0.717, 1.165) is 22.6 Å². The first-order valence-electron chi connectivity index (χ1n) is 8.07. The molecule has 0 bridgehead atoms. The van der Waals surface area contributed by atoms with Gasteiger partial charge in [0.15, 0.2) is 0 Å². The first-order valence-corrected chi connectivity index (χ1v) is 9.83. The summed E-state index contributed by atoms with van der Waals surface area (Å²) in [4.78, 5) is 28.7. The monoisotopic (exact) mass is 363 g/mol. The number of likely N-dealkylation sites (tertiary alicyclic amines) is 1. The number of piperidine rings is 1. The minimum Gasteiger partial charge on any atom is -0.351 e. The summed E-state index contributed by atoms with van der Waals surface area (Å²) in [6.45, 7) is 2.32. The van der Waals surface area contributed by atoms with Gasteiger partial charge in [-0.15, -0.1) is 22.7 Å². The number of thiophene rings is 2. The average molecular weight is 364 g/mol. The highest BCUT2D eigenvalue weighted by Gasteiger charge is 2.28. The van der Waals surface area contributed by atoms with Crippen LogP contribution < -0.4 is 10.6 Å². The van der Waals surface area contributed by atoms with Gasteiger partial charge >= 0.3 is 6.03 Å². The first kappa shape index (κ1) is 17.0. The summed E-state index contributed by atoms with van der Waals surface area (Å²) in [6.07, 6.45) is 1.70. The van der Waals surface area contributed by atoms with Crippen LogP contribution in [0.3, 0.4) is 0 Å². The molecule has 0 saturated carbocycles. The highest BCUT2D eigenvalue weighted by molar-refractivity contribution is 7.10. The fourth-order valence-electron chi connectivity index (χ4n) is 2.80. The molecule has 5 nitrogen and oxygen atoms in total. The molecule has 3 rings (SSSR count). The van der Waals surface area contributed by atoms with Gasteiger partial charge in [-0.3, -0.25) is 4.79 Å². The van der Waals surface area contributed by atoms with Crippen molar-refractivity contribution in [3.63, 3.8) is 0 Å². The molecule has 24 heavy (non-hydrogen) atoms. The maximum absolute atomic E-state index is 12.3. The van der Waals surface area contributed by atoms with E-state index in [1.165, 1.54) is 0 Å². The number of rotatable bonds is 5. The fraction of sp³-hybridized carbons (Fsp3) is 0.412. The van der Waals surface area contributed by atoms with Crippen molar-refractivity contribution in [2.24, 2.45) is 5.92 Å². The molecule has 1 saturated heterocycles. The second-order valence-corrected chi connectivity index (χ2v) is 7.88. The lowest BCUT2D eigenvalue weighted by atomic mass is 9.97. The number of carbonyl (C=O) groups excluding carboxylic acids is 2. The van der Waals surface area contributed by atoms with Crippen molar-refractivity contribution in [3.05, 3.63) is 44.8 Å². The van der Waals surface area contributed by atoms with Crippen molar-refractivity contribution in [1.82, 2.24) is 15.5 Å². The van der Waals surface area contributed by atoms with Crippen LogP contribution in [-0.2, 0) is 17.9 Å². The maximum Gasteiger partial charge on any atom is 0.317 e. The van der Waals surface area contributed by atoms with Crippen LogP contribution in [0, 0.1) is 5.92 Å². The van der Waals surface area contributed by atoms with Crippen molar-refractivity contribution in [2.45, 2.75) is 25.9 Å². The summed E-state index contributed by atoms with van der Waals surface area (Å²) in [7, 11) is 0. The van der Waals surface area contributed by atoms with Gasteiger partial charge in [-0.25, -0.2) is 4.79 Å². The van der Waals surface area contributed by atoms with Gasteiger partial charge in [-0.2, -0.15) is 0 Å². The van der Waals surface area contributed by atoms with Crippen LogP contribution in [0.5, 0.6) is 0 Å². The standard InChI is InChI=1S/C17H21N3O2S2/c21-16(18-10-14-5-2-8-23-14)13-4-1-7-20(12-13)17(22)19-11-15-6-3-9-24-15/h2-3,5-6,8-9,13H,1,4,7,10-12H2,(H,18,21)(H,19,22). The summed E-state index contributed by atoms with van der Waals surface area (Å²) in [6, 6.07) is 7.88. The molecule has 0 aliphatic carbocycles. The van der Waals surface area contributed by atoms with Gasteiger partial charge in [0.2, 0.25) is 5.91 Å². The average Bonchev–Trinajstić information content (AvgIpc) is 3.31. The second-order valence-electron chi connectivity index (χ2n) is 5.82. The predicted molar refractivity (Wildman–Crippen MR) is 97.0 cm³/mol. The fourth-order valence-corrected chi connectivity index (χ4v) is 4.08. The van der Waals surface area contributed by atoms with E-state index < -0.39 is 0 Å². The third-order valence-electron chi connectivity index (χ3n) is 4.09. The smallest absolute Gasteiger partial charge is 0.317 e. The lowest BCUT2D eigenvalue weighted by Gasteiger charge is -2.32. The van der Waals surface area contributed by atoms with Crippen molar-refractivity contribution < 1.29 is 9.59 Å². The summed E-state index contributed by atoms with van der Waals surface area (Å²) < 4.78 is 0. The Kier molecular flexibility index (Phi) is 5.87. The Balaban J connectivity index is 1.46. The first-order chi connectivity index (χ1) is 11.7. The Morgan fingerprint density at radius 2 is 1.75 bits per heavy atom. The summed E-state index contributed by atoms with van der Waals surface area (Å²) in [5.74, 6) is -0.0784. The molecule has 3 amide bonds. The van der Waals surface area contributed by atoms with Gasteiger partial charge in [-0.05, 0) is 35.7 Å². The highest BCUT2D eigenvalue weighted by Crippen LogP contribution is 2.18. The normalized spacial score (nSPS) is 17.5. The molecule has 2 N–H and O–H groups in total. The van der Waals surface area contributed by atoms with E-state index in [1.807, 2.05) is 35.0 Å². The molecular formula is C17H21N3O2S2. The van der Waals surface area contributed by atoms with E-state index in [4.69, 9.17) is 0 Å². The van der Waals surface area contributed by atoms with Crippen LogP contribution in [-0.4, -0.2) is 29.9 Å². The molecule has 1 aliphatic rings. The lowest BCUT2D eigenvalue weighted by Crippen LogP contribution is -2.48. The summed E-state index contributed by atoms with van der Waals surface area (Å²) in [5.41, 5.74) is 0. The van der Waals surface area contributed by atoms with Crippen LogP contribution in [0.2, 0.25) is 0 Å². The molecule has 2 aromatic heterocycles. The van der Waals surface area contributed by atoms with Crippen LogP contribution in [0.15, 0.2) is 35.0 Å². The zero-order valence-electron chi connectivity index (χ0n) is 13.4. The Morgan fingerprint density at radius 3 is 2.38 bits per heavy atom. The van der Waals surface area contributed by atoms with E-state index in [-0.39, 0.29) is 17.9 Å². The Labute approximate surface area is 149 Å². The van der Waals surface area contributed by atoms with Crippen molar-refractivity contribution >= 4 is 34.6 Å². The molecule has 2 aromatic rings. The molecule has 1 unspecified atom stereocenters. The largest absolute Gasteiger partial charge is 0.351 e. The molecule has 0 radical (unpaired) electrons. The van der Waals surface area contributed by atoms with Gasteiger partial charge in [0.1, 0.15) is 0 Å². The molecule has 0 aromatic carbocycles. The topological polar surface area (TPSA) is 61.4 Å². The maximum atomic E-state index is 12.3. The molecule has 3 heterocycles. The zero-order valence-corrected chi connectivity index (χ0v) is 15.0. The summed E-state index contributed by atoms with van der Waals surface area (Å²) >= 11 is 3.26. The molecule has 1 aliphatic heterocycles. The molecule has 7 heteroatoms. The lowest BCUT2D eigenvalue weighted by molar-refractivity contribution is -0.126. The predicted octanol–water partition coefficient (Wildman–Crippen LogP) is 3.05. The molecule has 0 spiro atoms. The van der Waals surface area contributed by atoms with Gasteiger partial charge in [0, 0.05) is 22.8 Å². The third kappa shape index (κ3) is 4.58. The van der Waals surface area contributed by atoms with Crippen LogP contribution in [0.4, 0.5) is 4.79 Å². The van der Waals surface area contributed by atoms with Crippen molar-refractivity contribution in [3.8, 4) is 0 Å². The van der Waals surface area contributed by atoms with Gasteiger partial charge in [-0.1, -0.05) is 12.1 Å². The van der Waals surface area contributed by atoms with E-state index in [0.29, 0.717) is 26.2 Å².